The summed E-state index contributed by atoms with van der Waals surface area (Å²) in [7, 11) is 0. The first kappa shape index (κ1) is 25.6. The number of thiophene rings is 1. The third kappa shape index (κ3) is 16.5. The van der Waals surface area contributed by atoms with Crippen molar-refractivity contribution in [3.63, 3.8) is 0 Å². The van der Waals surface area contributed by atoms with Crippen LogP contribution in [0.4, 0.5) is 0 Å². The molecule has 4 nitrogen and oxygen atoms in total. The van der Waals surface area contributed by atoms with E-state index in [-0.39, 0.29) is 0 Å². The van der Waals surface area contributed by atoms with Crippen LogP contribution in [0.2, 0.25) is 0 Å². The zero-order valence-electron chi connectivity index (χ0n) is 17.5. The highest BCUT2D eigenvalue weighted by molar-refractivity contribution is 7.10. The van der Waals surface area contributed by atoms with Crippen molar-refractivity contribution in [2.24, 2.45) is 16.6 Å². The van der Waals surface area contributed by atoms with Gasteiger partial charge >= 0.3 is 0 Å². The maximum absolute atomic E-state index is 5.53. The maximum atomic E-state index is 5.53. The summed E-state index contributed by atoms with van der Waals surface area (Å²) in [6.07, 6.45) is 11.8. The lowest BCUT2D eigenvalue weighted by Gasteiger charge is -2.07. The predicted octanol–water partition coefficient (Wildman–Crippen LogP) is 5.91. The highest BCUT2D eigenvalue weighted by atomic mass is 32.1. The molecule has 0 aliphatic rings. The Morgan fingerprint density at radius 3 is 2.44 bits per heavy atom. The molecule has 1 aromatic rings. The van der Waals surface area contributed by atoms with E-state index in [0.29, 0.717) is 12.6 Å². The van der Waals surface area contributed by atoms with Crippen molar-refractivity contribution in [1.82, 2.24) is 0 Å². The van der Waals surface area contributed by atoms with Crippen molar-refractivity contribution < 1.29 is 9.47 Å². The molecule has 0 bridgehead atoms. The number of ether oxygens (including phenoxy) is 2. The first-order chi connectivity index (χ1) is 13.2. The van der Waals surface area contributed by atoms with Crippen LogP contribution in [-0.4, -0.2) is 32.3 Å². The summed E-state index contributed by atoms with van der Waals surface area (Å²) in [6, 6.07) is 4.09. The number of nitrogens with zero attached hydrogens (tertiary/aromatic N) is 1. The van der Waals surface area contributed by atoms with Gasteiger partial charge in [0.1, 0.15) is 6.73 Å². The highest BCUT2D eigenvalue weighted by Gasteiger charge is 1.97. The molecule has 1 aromatic heterocycles. The Hall–Kier alpha value is -1.43. The first-order valence-electron chi connectivity index (χ1n) is 9.97. The standard InChI is InChI=1S/C16H24N2OS.C6H14O/c1-3-14(2)9-11-19-13-18-15(8-10-17)6-7-16-5-4-12-20-16;1-3-5-7-6-4-2/h4-8,10,12,14H,3,9,11,13,17H2,1-2H3;3-6H2,1-2H3/b7-6+,10-8-,18-15+;. The van der Waals surface area contributed by atoms with Crippen LogP contribution in [0.5, 0.6) is 0 Å². The molecule has 0 fully saturated rings. The Balaban J connectivity index is 0.000000821. The molecule has 0 amide bonds. The third-order valence-electron chi connectivity index (χ3n) is 3.72. The van der Waals surface area contributed by atoms with Crippen molar-refractivity contribution in [2.45, 2.75) is 53.4 Å². The van der Waals surface area contributed by atoms with Gasteiger partial charge in [0.2, 0.25) is 0 Å². The van der Waals surface area contributed by atoms with Crippen LogP contribution in [0.15, 0.2) is 40.9 Å². The molecule has 1 unspecified atom stereocenters. The monoisotopic (exact) mass is 394 g/mol. The van der Waals surface area contributed by atoms with Crippen molar-refractivity contribution in [1.29, 1.82) is 0 Å². The van der Waals surface area contributed by atoms with Gasteiger partial charge in [-0.2, -0.15) is 0 Å². The van der Waals surface area contributed by atoms with Gasteiger partial charge in [-0.25, -0.2) is 0 Å². The molecule has 5 heteroatoms. The van der Waals surface area contributed by atoms with Crippen molar-refractivity contribution in [2.75, 3.05) is 26.6 Å². The van der Waals surface area contributed by atoms with Crippen LogP contribution >= 0.6 is 11.3 Å². The number of allylic oxidation sites excluding steroid dienone is 2. The highest BCUT2D eigenvalue weighted by Crippen LogP contribution is 2.10. The Kier molecular flexibility index (Phi) is 18.3. The van der Waals surface area contributed by atoms with E-state index in [0.717, 1.165) is 44.8 Å². The lowest BCUT2D eigenvalue weighted by Crippen LogP contribution is -2.02. The number of hydrogen-bond donors (Lipinski definition) is 1. The number of rotatable bonds is 13. The zero-order chi connectivity index (χ0) is 20.2. The first-order valence-corrected chi connectivity index (χ1v) is 10.9. The van der Waals surface area contributed by atoms with E-state index in [4.69, 9.17) is 15.2 Å². The van der Waals surface area contributed by atoms with Gasteiger partial charge in [0.15, 0.2) is 0 Å². The van der Waals surface area contributed by atoms with Crippen LogP contribution < -0.4 is 5.73 Å². The van der Waals surface area contributed by atoms with Gasteiger partial charge in [0, 0.05) is 24.7 Å². The number of aliphatic imine (C=N–C) groups is 1. The second kappa shape index (κ2) is 19.3. The molecule has 2 N–H and O–H groups in total. The van der Waals surface area contributed by atoms with Crippen LogP contribution in [0.3, 0.4) is 0 Å². The molecular weight excluding hydrogens is 356 g/mol. The molecule has 1 atom stereocenters. The fraction of sp³-hybridized carbons (Fsp3) is 0.591. The normalized spacial score (nSPS) is 13.1. The summed E-state index contributed by atoms with van der Waals surface area (Å²) in [6.45, 7) is 11.7. The van der Waals surface area contributed by atoms with E-state index in [1.54, 1.807) is 17.4 Å². The molecule has 154 valence electrons. The molecule has 27 heavy (non-hydrogen) atoms. The average Bonchev–Trinajstić information content (AvgIpc) is 3.20. The smallest absolute Gasteiger partial charge is 0.138 e. The molecule has 0 radical (unpaired) electrons. The van der Waals surface area contributed by atoms with Crippen LogP contribution in [0, 0.1) is 5.92 Å². The van der Waals surface area contributed by atoms with E-state index in [9.17, 15) is 0 Å². The third-order valence-corrected chi connectivity index (χ3v) is 4.55. The number of hydrogen-bond acceptors (Lipinski definition) is 5. The Labute approximate surface area is 170 Å². The second-order valence-electron chi connectivity index (χ2n) is 6.24. The number of nitrogens with two attached hydrogens (primary N) is 1. The lowest BCUT2D eigenvalue weighted by molar-refractivity contribution is 0.129. The topological polar surface area (TPSA) is 56.8 Å². The minimum absolute atomic E-state index is 0.380. The predicted molar refractivity (Wildman–Crippen MR) is 120 cm³/mol. The lowest BCUT2D eigenvalue weighted by atomic mass is 10.1. The zero-order valence-corrected chi connectivity index (χ0v) is 18.3. The van der Waals surface area contributed by atoms with Crippen molar-refractivity contribution in [3.05, 3.63) is 40.7 Å². The van der Waals surface area contributed by atoms with Crippen LogP contribution in [-0.2, 0) is 9.47 Å². The van der Waals surface area contributed by atoms with E-state index < -0.39 is 0 Å². The van der Waals surface area contributed by atoms with E-state index in [1.165, 1.54) is 17.5 Å². The maximum Gasteiger partial charge on any atom is 0.138 e. The minimum atomic E-state index is 0.380. The van der Waals surface area contributed by atoms with Crippen LogP contribution in [0.1, 0.15) is 58.3 Å². The molecular formula is C22H38N2O2S. The summed E-state index contributed by atoms with van der Waals surface area (Å²) in [4.78, 5) is 5.58. The van der Waals surface area contributed by atoms with Crippen molar-refractivity contribution in [3.8, 4) is 0 Å². The Morgan fingerprint density at radius 2 is 1.89 bits per heavy atom. The van der Waals surface area contributed by atoms with Gasteiger partial charge in [0.25, 0.3) is 0 Å². The van der Waals surface area contributed by atoms with Gasteiger partial charge in [-0.1, -0.05) is 40.2 Å². The largest absolute Gasteiger partial charge is 0.405 e. The summed E-state index contributed by atoms with van der Waals surface area (Å²) in [5.74, 6) is 0.709. The fourth-order valence-electron chi connectivity index (χ4n) is 1.88. The van der Waals surface area contributed by atoms with Crippen molar-refractivity contribution >= 4 is 23.1 Å². The fourth-order valence-corrected chi connectivity index (χ4v) is 2.50. The molecule has 1 rings (SSSR count). The molecule has 0 aromatic carbocycles. The molecule has 0 saturated heterocycles. The van der Waals surface area contributed by atoms with Gasteiger partial charge < -0.3 is 15.2 Å². The Bertz CT molecular complexity index is 506. The molecule has 1 heterocycles. The second-order valence-corrected chi connectivity index (χ2v) is 7.22. The molecule has 0 aliphatic heterocycles. The van der Waals surface area contributed by atoms with Crippen LogP contribution in [0.25, 0.3) is 6.08 Å². The molecule has 0 aliphatic carbocycles. The Morgan fingerprint density at radius 1 is 1.15 bits per heavy atom. The molecule has 0 spiro atoms. The van der Waals surface area contributed by atoms with Gasteiger partial charge in [-0.15, -0.1) is 11.3 Å². The molecule has 0 saturated carbocycles. The van der Waals surface area contributed by atoms with E-state index in [1.807, 2.05) is 23.6 Å². The summed E-state index contributed by atoms with van der Waals surface area (Å²) in [5.41, 5.74) is 6.26. The van der Waals surface area contributed by atoms with E-state index in [2.05, 4.69) is 38.8 Å². The SMILES string of the molecule is CCC(C)CCOC/N=C(/C=C\N)\C=C\c1cccs1.CCCOCCC. The quantitative estimate of drug-likeness (QED) is 0.334. The van der Waals surface area contributed by atoms with Gasteiger partial charge in [-0.3, -0.25) is 4.99 Å². The van der Waals surface area contributed by atoms with E-state index >= 15 is 0 Å². The summed E-state index contributed by atoms with van der Waals surface area (Å²) >= 11 is 1.69. The van der Waals surface area contributed by atoms with Gasteiger partial charge in [0.05, 0.1) is 5.71 Å². The average molecular weight is 395 g/mol. The van der Waals surface area contributed by atoms with Gasteiger partial charge in [-0.05, 0) is 61.1 Å². The summed E-state index contributed by atoms with van der Waals surface area (Å²) in [5, 5.41) is 2.05. The minimum Gasteiger partial charge on any atom is -0.405 e. The summed E-state index contributed by atoms with van der Waals surface area (Å²) < 4.78 is 10.7.